The smallest absolute Gasteiger partial charge is 0.347 e. The summed E-state index contributed by atoms with van der Waals surface area (Å²) in [6.07, 6.45) is 2.10. The van der Waals surface area contributed by atoms with Crippen molar-refractivity contribution in [2.75, 3.05) is 13.2 Å². The van der Waals surface area contributed by atoms with Crippen molar-refractivity contribution < 1.29 is 24.2 Å². The van der Waals surface area contributed by atoms with Crippen LogP contribution in [0.4, 0.5) is 0 Å². The lowest BCUT2D eigenvalue weighted by Crippen LogP contribution is -2.35. The molecule has 5 nitrogen and oxygen atoms in total. The number of esters is 2. The number of aliphatic hydroxyl groups is 1. The summed E-state index contributed by atoms with van der Waals surface area (Å²) in [6, 6.07) is 8.26. The van der Waals surface area contributed by atoms with Gasteiger partial charge in [0.15, 0.2) is 0 Å². The summed E-state index contributed by atoms with van der Waals surface area (Å²) >= 11 is 0. The van der Waals surface area contributed by atoms with Gasteiger partial charge < -0.3 is 14.6 Å². The van der Waals surface area contributed by atoms with E-state index in [0.717, 1.165) is 12.2 Å². The summed E-state index contributed by atoms with van der Waals surface area (Å²) in [7, 11) is 0. The first-order valence-corrected chi connectivity index (χ1v) is 6.35. The van der Waals surface area contributed by atoms with Gasteiger partial charge >= 0.3 is 11.9 Å². The zero-order chi connectivity index (χ0) is 15.0. The Labute approximate surface area is 117 Å². The van der Waals surface area contributed by atoms with E-state index in [1.807, 2.05) is 0 Å². The molecule has 0 saturated heterocycles. The zero-order valence-electron chi connectivity index (χ0n) is 11.5. The van der Waals surface area contributed by atoms with Crippen LogP contribution in [0.15, 0.2) is 42.5 Å². The lowest BCUT2D eigenvalue weighted by Gasteiger charge is -2.22. The quantitative estimate of drug-likeness (QED) is 0.631. The van der Waals surface area contributed by atoms with Crippen LogP contribution in [-0.2, 0) is 24.7 Å². The molecule has 0 aromatic heterocycles. The van der Waals surface area contributed by atoms with Gasteiger partial charge in [0, 0.05) is 6.08 Å². The molecule has 0 fully saturated rings. The topological polar surface area (TPSA) is 72.8 Å². The first-order chi connectivity index (χ1) is 9.54. The van der Waals surface area contributed by atoms with Crippen molar-refractivity contribution in [2.24, 2.45) is 0 Å². The number of rotatable bonds is 6. The second-order valence-electron chi connectivity index (χ2n) is 3.94. The summed E-state index contributed by atoms with van der Waals surface area (Å²) in [5.74, 6) is -1.47. The number of benzene rings is 1. The molecule has 0 spiro atoms. The second-order valence-corrected chi connectivity index (χ2v) is 3.94. The minimum atomic E-state index is -2.01. The average molecular weight is 278 g/mol. The van der Waals surface area contributed by atoms with Crippen molar-refractivity contribution in [3.8, 4) is 0 Å². The first-order valence-electron chi connectivity index (χ1n) is 6.35. The third kappa shape index (κ3) is 3.93. The summed E-state index contributed by atoms with van der Waals surface area (Å²) in [5.41, 5.74) is -1.69. The minimum absolute atomic E-state index is 0.126. The standard InChI is InChI=1S/C15H18O5/c1-3-19-13(16)10-11-15(18,14(17)20-4-2)12-8-6-5-7-9-12/h5-11,18H,3-4H2,1-2H3/b11-10+. The van der Waals surface area contributed by atoms with Crippen molar-refractivity contribution in [3.63, 3.8) is 0 Å². The summed E-state index contributed by atoms with van der Waals surface area (Å²) in [5, 5.41) is 10.5. The molecule has 5 heteroatoms. The van der Waals surface area contributed by atoms with Crippen LogP contribution in [0.1, 0.15) is 19.4 Å². The highest BCUT2D eigenvalue weighted by atomic mass is 16.5. The van der Waals surface area contributed by atoms with Crippen molar-refractivity contribution in [1.29, 1.82) is 0 Å². The average Bonchev–Trinajstić information content (AvgIpc) is 2.46. The van der Waals surface area contributed by atoms with E-state index in [4.69, 9.17) is 9.47 Å². The lowest BCUT2D eigenvalue weighted by molar-refractivity contribution is -0.160. The van der Waals surface area contributed by atoms with Crippen molar-refractivity contribution in [1.82, 2.24) is 0 Å². The van der Waals surface area contributed by atoms with Crippen LogP contribution in [0.5, 0.6) is 0 Å². The van der Waals surface area contributed by atoms with E-state index in [9.17, 15) is 14.7 Å². The molecule has 1 aromatic rings. The van der Waals surface area contributed by atoms with Crippen LogP contribution < -0.4 is 0 Å². The van der Waals surface area contributed by atoms with E-state index in [1.165, 1.54) is 0 Å². The van der Waals surface area contributed by atoms with Crippen LogP contribution in [0.3, 0.4) is 0 Å². The molecule has 20 heavy (non-hydrogen) atoms. The monoisotopic (exact) mass is 278 g/mol. The van der Waals surface area contributed by atoms with E-state index in [2.05, 4.69) is 0 Å². The van der Waals surface area contributed by atoms with Gasteiger partial charge in [-0.2, -0.15) is 0 Å². The van der Waals surface area contributed by atoms with Crippen molar-refractivity contribution in [2.45, 2.75) is 19.4 Å². The second kappa shape index (κ2) is 7.45. The molecule has 0 amide bonds. The predicted molar refractivity (Wildman–Crippen MR) is 72.7 cm³/mol. The Balaban J connectivity index is 3.08. The molecule has 1 atom stereocenters. The molecule has 0 saturated carbocycles. The molecule has 0 radical (unpaired) electrons. The van der Waals surface area contributed by atoms with E-state index < -0.39 is 17.5 Å². The lowest BCUT2D eigenvalue weighted by atomic mass is 9.93. The zero-order valence-corrected chi connectivity index (χ0v) is 11.5. The molecule has 1 N–H and O–H groups in total. The normalized spacial score (nSPS) is 13.8. The van der Waals surface area contributed by atoms with Crippen LogP contribution in [0, 0.1) is 0 Å². The van der Waals surface area contributed by atoms with E-state index >= 15 is 0 Å². The van der Waals surface area contributed by atoms with Crippen molar-refractivity contribution >= 4 is 11.9 Å². The Kier molecular flexibility index (Phi) is 5.93. The fourth-order valence-corrected chi connectivity index (χ4v) is 1.59. The fraction of sp³-hybridized carbons (Fsp3) is 0.333. The number of carbonyl (C=O) groups is 2. The molecule has 0 aliphatic rings. The molecule has 1 rings (SSSR count). The van der Waals surface area contributed by atoms with E-state index in [0.29, 0.717) is 5.56 Å². The number of ether oxygens (including phenoxy) is 2. The van der Waals surface area contributed by atoms with Gasteiger partial charge in [0.05, 0.1) is 13.2 Å². The van der Waals surface area contributed by atoms with Gasteiger partial charge in [-0.05, 0) is 25.5 Å². The molecule has 1 unspecified atom stereocenters. The third-order valence-electron chi connectivity index (χ3n) is 2.55. The van der Waals surface area contributed by atoms with Crippen LogP contribution in [0.25, 0.3) is 0 Å². The number of carbonyl (C=O) groups excluding carboxylic acids is 2. The Morgan fingerprint density at radius 1 is 1.15 bits per heavy atom. The summed E-state index contributed by atoms with van der Waals surface area (Å²) in [6.45, 7) is 3.65. The molecule has 0 aliphatic carbocycles. The van der Waals surface area contributed by atoms with E-state index in [-0.39, 0.29) is 13.2 Å². The Morgan fingerprint density at radius 3 is 2.30 bits per heavy atom. The fourth-order valence-electron chi connectivity index (χ4n) is 1.59. The summed E-state index contributed by atoms with van der Waals surface area (Å²) < 4.78 is 9.59. The van der Waals surface area contributed by atoms with Crippen LogP contribution >= 0.6 is 0 Å². The van der Waals surface area contributed by atoms with Gasteiger partial charge in [-0.3, -0.25) is 0 Å². The molecule has 108 valence electrons. The Bertz CT molecular complexity index is 480. The largest absolute Gasteiger partial charge is 0.463 e. The predicted octanol–water partition coefficient (Wildman–Crippen LogP) is 1.56. The van der Waals surface area contributed by atoms with E-state index in [1.54, 1.807) is 44.2 Å². The highest BCUT2D eigenvalue weighted by Gasteiger charge is 2.37. The Morgan fingerprint density at radius 2 is 1.75 bits per heavy atom. The molecule has 1 aromatic carbocycles. The molecular weight excluding hydrogens is 260 g/mol. The van der Waals surface area contributed by atoms with Gasteiger partial charge in [0.1, 0.15) is 0 Å². The number of hydrogen-bond acceptors (Lipinski definition) is 5. The van der Waals surface area contributed by atoms with Gasteiger partial charge in [0.25, 0.3) is 0 Å². The Hall–Kier alpha value is -2.14. The molecular formula is C15H18O5. The molecule has 0 bridgehead atoms. The van der Waals surface area contributed by atoms with Gasteiger partial charge in [-0.15, -0.1) is 0 Å². The van der Waals surface area contributed by atoms with Gasteiger partial charge in [0.2, 0.25) is 5.60 Å². The van der Waals surface area contributed by atoms with Crippen molar-refractivity contribution in [3.05, 3.63) is 48.0 Å². The maximum absolute atomic E-state index is 12.0. The summed E-state index contributed by atoms with van der Waals surface area (Å²) in [4.78, 5) is 23.3. The highest BCUT2D eigenvalue weighted by molar-refractivity contribution is 5.87. The number of hydrogen-bond donors (Lipinski definition) is 1. The third-order valence-corrected chi connectivity index (χ3v) is 2.55. The molecule has 0 heterocycles. The minimum Gasteiger partial charge on any atom is -0.463 e. The van der Waals surface area contributed by atoms with Gasteiger partial charge in [-0.1, -0.05) is 30.3 Å². The van der Waals surface area contributed by atoms with Gasteiger partial charge in [-0.25, -0.2) is 9.59 Å². The maximum Gasteiger partial charge on any atom is 0.347 e. The maximum atomic E-state index is 12.0. The first kappa shape index (κ1) is 15.9. The van der Waals surface area contributed by atoms with Crippen LogP contribution in [0.2, 0.25) is 0 Å². The van der Waals surface area contributed by atoms with Crippen LogP contribution in [-0.4, -0.2) is 30.3 Å². The highest BCUT2D eigenvalue weighted by Crippen LogP contribution is 2.24. The molecule has 0 aliphatic heterocycles. The SMILES string of the molecule is CCOC(=O)/C=C/C(O)(C(=O)OCC)c1ccccc1.